The first-order chi connectivity index (χ1) is 12.1. The number of aldehydes is 1. The number of anilines is 3. The number of aliphatic hydroxyl groups is 1. The Morgan fingerprint density at radius 2 is 1.48 bits per heavy atom. The van der Waals surface area contributed by atoms with E-state index in [-0.39, 0.29) is 6.61 Å². The summed E-state index contributed by atoms with van der Waals surface area (Å²) in [5, 5.41) is 9.43. The minimum atomic E-state index is 0.0323. The molecule has 3 aromatic carbocycles. The molecule has 0 saturated heterocycles. The Bertz CT molecular complexity index is 888. The average molecular weight is 331 g/mol. The number of benzene rings is 3. The van der Waals surface area contributed by atoms with Gasteiger partial charge in [0.1, 0.15) is 6.29 Å². The van der Waals surface area contributed by atoms with Gasteiger partial charge in [-0.3, -0.25) is 4.79 Å². The first-order valence-corrected chi connectivity index (χ1v) is 8.25. The highest BCUT2D eigenvalue weighted by molar-refractivity contribution is 5.82. The molecule has 0 fully saturated rings. The monoisotopic (exact) mass is 331 g/mol. The molecule has 3 rings (SSSR count). The van der Waals surface area contributed by atoms with Crippen molar-refractivity contribution >= 4 is 23.3 Å². The molecule has 25 heavy (non-hydrogen) atoms. The molecule has 0 spiro atoms. The molecule has 0 aliphatic heterocycles. The molecule has 1 N–H and O–H groups in total. The first-order valence-electron chi connectivity index (χ1n) is 8.25. The van der Waals surface area contributed by atoms with E-state index in [1.807, 2.05) is 62.4 Å². The van der Waals surface area contributed by atoms with E-state index >= 15 is 0 Å². The Hall–Kier alpha value is -2.91. The zero-order valence-corrected chi connectivity index (χ0v) is 14.4. The predicted octanol–water partition coefficient (Wildman–Crippen LogP) is 5.08. The lowest BCUT2D eigenvalue weighted by Gasteiger charge is -2.26. The minimum Gasteiger partial charge on any atom is -0.392 e. The summed E-state index contributed by atoms with van der Waals surface area (Å²) >= 11 is 0. The lowest BCUT2D eigenvalue weighted by molar-refractivity contribution is 0.112. The fraction of sp³-hybridized carbons (Fsp3) is 0.136. The molecule has 0 bridgehead atoms. The zero-order valence-electron chi connectivity index (χ0n) is 14.4. The molecule has 3 heteroatoms. The van der Waals surface area contributed by atoms with Crippen molar-refractivity contribution in [2.24, 2.45) is 0 Å². The Morgan fingerprint density at radius 3 is 2.04 bits per heavy atom. The van der Waals surface area contributed by atoms with E-state index in [1.54, 1.807) is 0 Å². The second-order valence-electron chi connectivity index (χ2n) is 6.10. The van der Waals surface area contributed by atoms with Gasteiger partial charge in [-0.1, -0.05) is 24.3 Å². The number of para-hydroxylation sites is 1. The van der Waals surface area contributed by atoms with Crippen molar-refractivity contribution in [3.8, 4) is 0 Å². The molecular formula is C22H21NO2. The number of aliphatic hydroxyl groups excluding tert-OH is 1. The Labute approximate surface area is 148 Å². The van der Waals surface area contributed by atoms with Crippen LogP contribution in [0.3, 0.4) is 0 Å². The van der Waals surface area contributed by atoms with Crippen molar-refractivity contribution in [2.75, 3.05) is 4.90 Å². The Balaban J connectivity index is 2.15. The fourth-order valence-electron chi connectivity index (χ4n) is 2.95. The summed E-state index contributed by atoms with van der Waals surface area (Å²) in [6, 6.07) is 22.0. The van der Waals surface area contributed by atoms with E-state index in [4.69, 9.17) is 0 Å². The molecule has 0 atom stereocenters. The minimum absolute atomic E-state index is 0.0323. The van der Waals surface area contributed by atoms with Crippen LogP contribution in [0.4, 0.5) is 17.1 Å². The van der Waals surface area contributed by atoms with Gasteiger partial charge in [0.15, 0.2) is 0 Å². The summed E-state index contributed by atoms with van der Waals surface area (Å²) in [4.78, 5) is 13.3. The summed E-state index contributed by atoms with van der Waals surface area (Å²) < 4.78 is 0. The maximum atomic E-state index is 11.1. The molecule has 0 radical (unpaired) electrons. The van der Waals surface area contributed by atoms with E-state index in [0.717, 1.165) is 40.0 Å². The van der Waals surface area contributed by atoms with Crippen molar-refractivity contribution < 1.29 is 9.90 Å². The van der Waals surface area contributed by atoms with Crippen LogP contribution in [0.2, 0.25) is 0 Å². The number of nitrogens with zero attached hydrogens (tertiary/aromatic N) is 1. The van der Waals surface area contributed by atoms with Gasteiger partial charge in [0, 0.05) is 22.6 Å². The van der Waals surface area contributed by atoms with E-state index in [9.17, 15) is 9.90 Å². The van der Waals surface area contributed by atoms with Gasteiger partial charge in [0.25, 0.3) is 0 Å². The predicted molar refractivity (Wildman–Crippen MR) is 102 cm³/mol. The highest BCUT2D eigenvalue weighted by atomic mass is 16.3. The number of carbonyl (C=O) groups is 1. The van der Waals surface area contributed by atoms with Gasteiger partial charge < -0.3 is 10.0 Å². The maximum absolute atomic E-state index is 11.1. The maximum Gasteiger partial charge on any atom is 0.150 e. The molecule has 3 aromatic rings. The summed E-state index contributed by atoms with van der Waals surface area (Å²) in [6.07, 6.45) is 0.881. The van der Waals surface area contributed by atoms with Gasteiger partial charge in [-0.25, -0.2) is 0 Å². The third-order valence-corrected chi connectivity index (χ3v) is 4.41. The largest absolute Gasteiger partial charge is 0.392 e. The highest BCUT2D eigenvalue weighted by Crippen LogP contribution is 2.35. The summed E-state index contributed by atoms with van der Waals surface area (Å²) in [5.41, 5.74) is 6.65. The molecule has 0 aromatic heterocycles. The Morgan fingerprint density at radius 1 is 0.840 bits per heavy atom. The van der Waals surface area contributed by atoms with Crippen LogP contribution in [0.25, 0.3) is 0 Å². The van der Waals surface area contributed by atoms with Gasteiger partial charge >= 0.3 is 0 Å². The topological polar surface area (TPSA) is 40.5 Å². The molecule has 0 aliphatic rings. The summed E-state index contributed by atoms with van der Waals surface area (Å²) in [5.74, 6) is 0. The van der Waals surface area contributed by atoms with Gasteiger partial charge in [-0.2, -0.15) is 0 Å². The van der Waals surface area contributed by atoms with Crippen molar-refractivity contribution in [1.82, 2.24) is 0 Å². The quantitative estimate of drug-likeness (QED) is 0.663. The standard InChI is InChI=1S/C22H21NO2/c1-16-12-21(10-8-18(16)14-24)23(20-6-4-3-5-7-20)22-11-9-19(15-25)17(2)13-22/h3-14,25H,15H2,1-2H3. The lowest BCUT2D eigenvalue weighted by atomic mass is 10.1. The van der Waals surface area contributed by atoms with E-state index in [2.05, 4.69) is 23.1 Å². The second kappa shape index (κ2) is 7.32. The number of aryl methyl sites for hydroxylation is 2. The average Bonchev–Trinajstić information content (AvgIpc) is 2.63. The molecule has 0 heterocycles. The summed E-state index contributed by atoms with van der Waals surface area (Å²) in [6.45, 7) is 3.97. The SMILES string of the molecule is Cc1cc(N(c2ccccc2)c2ccc(CO)c(C)c2)ccc1C=O. The number of hydrogen-bond donors (Lipinski definition) is 1. The van der Waals surface area contributed by atoms with Crippen LogP contribution in [0.5, 0.6) is 0 Å². The third-order valence-electron chi connectivity index (χ3n) is 4.41. The van der Waals surface area contributed by atoms with Gasteiger partial charge in [-0.05, 0) is 73.0 Å². The molecule has 126 valence electrons. The molecule has 0 amide bonds. The fourth-order valence-corrected chi connectivity index (χ4v) is 2.95. The van der Waals surface area contributed by atoms with Crippen LogP contribution in [0, 0.1) is 13.8 Å². The smallest absolute Gasteiger partial charge is 0.150 e. The number of hydrogen-bond acceptors (Lipinski definition) is 3. The lowest BCUT2D eigenvalue weighted by Crippen LogP contribution is -2.11. The van der Waals surface area contributed by atoms with Crippen LogP contribution >= 0.6 is 0 Å². The van der Waals surface area contributed by atoms with Crippen molar-refractivity contribution in [3.63, 3.8) is 0 Å². The van der Waals surface area contributed by atoms with Gasteiger partial charge in [0.05, 0.1) is 6.61 Å². The van der Waals surface area contributed by atoms with E-state index in [0.29, 0.717) is 5.56 Å². The number of carbonyl (C=O) groups excluding carboxylic acids is 1. The first kappa shape index (κ1) is 16.9. The molecule has 0 saturated carbocycles. The van der Waals surface area contributed by atoms with E-state index in [1.165, 1.54) is 0 Å². The van der Waals surface area contributed by atoms with Crippen LogP contribution in [0.15, 0.2) is 66.7 Å². The van der Waals surface area contributed by atoms with E-state index < -0.39 is 0 Å². The molecule has 3 nitrogen and oxygen atoms in total. The third kappa shape index (κ3) is 3.47. The van der Waals surface area contributed by atoms with Crippen LogP contribution in [0.1, 0.15) is 27.0 Å². The zero-order chi connectivity index (χ0) is 17.8. The molecular weight excluding hydrogens is 310 g/mol. The second-order valence-corrected chi connectivity index (χ2v) is 6.10. The normalized spacial score (nSPS) is 10.5. The molecule has 0 unspecified atom stereocenters. The van der Waals surface area contributed by atoms with Crippen molar-refractivity contribution in [1.29, 1.82) is 0 Å². The van der Waals surface area contributed by atoms with Crippen LogP contribution in [-0.4, -0.2) is 11.4 Å². The Kier molecular flexibility index (Phi) is 4.96. The van der Waals surface area contributed by atoms with Gasteiger partial charge in [-0.15, -0.1) is 0 Å². The molecule has 0 aliphatic carbocycles. The van der Waals surface area contributed by atoms with Crippen molar-refractivity contribution in [2.45, 2.75) is 20.5 Å². The van der Waals surface area contributed by atoms with Crippen LogP contribution < -0.4 is 4.90 Å². The number of rotatable bonds is 5. The summed E-state index contributed by atoms with van der Waals surface area (Å²) in [7, 11) is 0. The van der Waals surface area contributed by atoms with Gasteiger partial charge in [0.2, 0.25) is 0 Å². The highest BCUT2D eigenvalue weighted by Gasteiger charge is 2.14. The van der Waals surface area contributed by atoms with Crippen LogP contribution in [-0.2, 0) is 6.61 Å². The van der Waals surface area contributed by atoms with Crippen molar-refractivity contribution in [3.05, 3.63) is 89.0 Å².